The number of hydrazone groups is 1. The van der Waals surface area contributed by atoms with Crippen molar-refractivity contribution in [1.82, 2.24) is 19.4 Å². The summed E-state index contributed by atoms with van der Waals surface area (Å²) in [6.45, 7) is 7.89. The predicted octanol–water partition coefficient (Wildman–Crippen LogP) is 2.83. The Labute approximate surface area is 193 Å². The minimum absolute atomic E-state index is 0.0713. The highest BCUT2D eigenvalue weighted by atomic mass is 16.2. The Bertz CT molecular complexity index is 1220. The van der Waals surface area contributed by atoms with Gasteiger partial charge in [0.2, 0.25) is 5.91 Å². The van der Waals surface area contributed by atoms with Crippen LogP contribution in [0.25, 0.3) is 10.9 Å². The predicted molar refractivity (Wildman–Crippen MR) is 129 cm³/mol. The highest BCUT2D eigenvalue weighted by Gasteiger charge is 2.30. The first-order valence-corrected chi connectivity index (χ1v) is 11.3. The first kappa shape index (κ1) is 21.2. The van der Waals surface area contributed by atoms with Gasteiger partial charge in [0.25, 0.3) is 5.91 Å². The molecule has 1 fully saturated rings. The van der Waals surface area contributed by atoms with Crippen molar-refractivity contribution < 1.29 is 9.59 Å². The zero-order valence-electron chi connectivity index (χ0n) is 18.6. The molecule has 7 heteroatoms. The topological polar surface area (TPSA) is 61.1 Å². The summed E-state index contributed by atoms with van der Waals surface area (Å²) in [5.74, 6) is -0.335. The molecule has 3 heterocycles. The van der Waals surface area contributed by atoms with Gasteiger partial charge in [-0.1, -0.05) is 54.6 Å². The fourth-order valence-corrected chi connectivity index (χ4v) is 4.54. The minimum atomic E-state index is -0.254. The molecule has 2 aliphatic heterocycles. The molecule has 7 nitrogen and oxygen atoms in total. The first-order chi connectivity index (χ1) is 16.1. The fourth-order valence-electron chi connectivity index (χ4n) is 4.54. The lowest BCUT2D eigenvalue weighted by atomic mass is 10.1. The molecule has 168 valence electrons. The third-order valence-electron chi connectivity index (χ3n) is 6.32. The molecular weight excluding hydrogens is 414 g/mol. The van der Waals surface area contributed by atoms with Crippen LogP contribution in [0.2, 0.25) is 0 Å². The van der Waals surface area contributed by atoms with Crippen LogP contribution in [-0.2, 0) is 11.3 Å². The smallest absolute Gasteiger partial charge is 0.291 e. The van der Waals surface area contributed by atoms with Gasteiger partial charge in [-0.05, 0) is 17.7 Å². The Kier molecular flexibility index (Phi) is 5.79. The van der Waals surface area contributed by atoms with Gasteiger partial charge in [0.1, 0.15) is 12.2 Å². The van der Waals surface area contributed by atoms with E-state index in [9.17, 15) is 9.59 Å². The van der Waals surface area contributed by atoms with Crippen LogP contribution in [0.1, 0.15) is 16.1 Å². The number of hydrogen-bond acceptors (Lipinski definition) is 4. The van der Waals surface area contributed by atoms with Gasteiger partial charge in [0, 0.05) is 43.6 Å². The Morgan fingerprint density at radius 2 is 1.73 bits per heavy atom. The highest BCUT2D eigenvalue weighted by molar-refractivity contribution is 6.07. The summed E-state index contributed by atoms with van der Waals surface area (Å²) in [5.41, 5.74) is 3.23. The molecule has 3 aromatic rings. The average Bonchev–Trinajstić information content (AvgIpc) is 3.16. The maximum Gasteiger partial charge on any atom is 0.291 e. The van der Waals surface area contributed by atoms with Crippen molar-refractivity contribution >= 4 is 28.4 Å². The molecule has 0 unspecified atom stereocenters. The van der Waals surface area contributed by atoms with E-state index in [1.54, 1.807) is 0 Å². The normalized spacial score (nSPS) is 17.0. The van der Waals surface area contributed by atoms with Gasteiger partial charge in [0.15, 0.2) is 0 Å². The van der Waals surface area contributed by atoms with Crippen molar-refractivity contribution in [3.63, 3.8) is 0 Å². The van der Waals surface area contributed by atoms with Crippen molar-refractivity contribution in [1.29, 1.82) is 0 Å². The Hall–Kier alpha value is -3.71. The van der Waals surface area contributed by atoms with Crippen LogP contribution < -0.4 is 0 Å². The molecule has 0 atom stereocenters. The number of carbonyl (C=O) groups excluding carboxylic acids is 2. The molecule has 1 aromatic heterocycles. The van der Waals surface area contributed by atoms with Crippen molar-refractivity contribution in [2.45, 2.75) is 6.54 Å². The number of carbonyl (C=O) groups is 2. The van der Waals surface area contributed by atoms with Crippen molar-refractivity contribution in [3.8, 4) is 0 Å². The second-order valence-corrected chi connectivity index (χ2v) is 8.42. The van der Waals surface area contributed by atoms with Gasteiger partial charge < -0.3 is 9.47 Å². The molecule has 2 amide bonds. The summed E-state index contributed by atoms with van der Waals surface area (Å²) < 4.78 is 2.00. The van der Waals surface area contributed by atoms with Gasteiger partial charge in [-0.2, -0.15) is 5.10 Å². The average molecular weight is 442 g/mol. The van der Waals surface area contributed by atoms with Crippen LogP contribution >= 0.6 is 0 Å². The standard InChI is InChI=1S/C26H27N5O2/c1-2-12-28-13-15-29(16-14-28)25(32)19-31-26(33)24-17-21-10-6-7-11-23(21)30(24)18-22(27-31)20-8-4-3-5-9-20/h2-11,17H,1,12-16,18-19H2. The van der Waals surface area contributed by atoms with Crippen LogP contribution in [0, 0.1) is 0 Å². The quantitative estimate of drug-likeness (QED) is 0.572. The highest BCUT2D eigenvalue weighted by Crippen LogP contribution is 2.24. The molecule has 0 bridgehead atoms. The molecule has 0 spiro atoms. The lowest BCUT2D eigenvalue weighted by molar-refractivity contribution is -0.133. The largest absolute Gasteiger partial charge is 0.339 e. The molecule has 0 saturated carbocycles. The number of para-hydroxylation sites is 1. The summed E-state index contributed by atoms with van der Waals surface area (Å²) >= 11 is 0. The summed E-state index contributed by atoms with van der Waals surface area (Å²) in [6.07, 6.45) is 1.88. The van der Waals surface area contributed by atoms with Crippen molar-refractivity contribution in [2.75, 3.05) is 39.3 Å². The SMILES string of the molecule is C=CCN1CCN(C(=O)CN2N=C(c3ccccc3)Cn3c(cc4ccccc43)C2=O)CC1. The number of hydrogen-bond donors (Lipinski definition) is 0. The number of amides is 2. The van der Waals surface area contributed by atoms with E-state index in [2.05, 4.69) is 11.5 Å². The number of fused-ring (bicyclic) bond motifs is 3. The first-order valence-electron chi connectivity index (χ1n) is 11.3. The Balaban J connectivity index is 1.46. The van der Waals surface area contributed by atoms with E-state index in [-0.39, 0.29) is 18.4 Å². The number of benzene rings is 2. The van der Waals surface area contributed by atoms with Gasteiger partial charge in [0.05, 0.1) is 12.3 Å². The number of rotatable bonds is 5. The van der Waals surface area contributed by atoms with Gasteiger partial charge >= 0.3 is 0 Å². The second-order valence-electron chi connectivity index (χ2n) is 8.42. The van der Waals surface area contributed by atoms with E-state index < -0.39 is 0 Å². The maximum atomic E-state index is 13.5. The summed E-state index contributed by atoms with van der Waals surface area (Å²) in [5, 5.41) is 7.05. The van der Waals surface area contributed by atoms with E-state index in [4.69, 9.17) is 5.10 Å². The number of piperazine rings is 1. The van der Waals surface area contributed by atoms with Crippen LogP contribution in [0.3, 0.4) is 0 Å². The van der Waals surface area contributed by atoms with Gasteiger partial charge in [-0.15, -0.1) is 6.58 Å². The van der Waals surface area contributed by atoms with E-state index in [1.165, 1.54) is 5.01 Å². The molecule has 33 heavy (non-hydrogen) atoms. The van der Waals surface area contributed by atoms with Crippen LogP contribution in [0.15, 0.2) is 78.4 Å². The minimum Gasteiger partial charge on any atom is -0.339 e. The van der Waals surface area contributed by atoms with Crippen LogP contribution in [-0.4, -0.2) is 76.2 Å². The Morgan fingerprint density at radius 3 is 2.48 bits per heavy atom. The van der Waals surface area contributed by atoms with Gasteiger partial charge in [-0.3, -0.25) is 14.5 Å². The van der Waals surface area contributed by atoms with Crippen molar-refractivity contribution in [3.05, 3.63) is 84.6 Å². The van der Waals surface area contributed by atoms with Crippen molar-refractivity contribution in [2.24, 2.45) is 5.10 Å². The molecule has 0 N–H and O–H groups in total. The number of nitrogens with zero attached hydrogens (tertiary/aromatic N) is 5. The molecule has 0 aliphatic carbocycles. The molecule has 5 rings (SSSR count). The van der Waals surface area contributed by atoms with E-state index in [0.29, 0.717) is 25.3 Å². The maximum absolute atomic E-state index is 13.5. The lowest BCUT2D eigenvalue weighted by Gasteiger charge is -2.34. The summed E-state index contributed by atoms with van der Waals surface area (Å²) in [6, 6.07) is 19.7. The monoisotopic (exact) mass is 441 g/mol. The zero-order chi connectivity index (χ0) is 22.8. The van der Waals surface area contributed by atoms with Crippen LogP contribution in [0.4, 0.5) is 0 Å². The van der Waals surface area contributed by atoms with Gasteiger partial charge in [-0.25, -0.2) is 5.01 Å². The molecule has 2 aliphatic rings. The van der Waals surface area contributed by atoms with E-state index in [0.717, 1.165) is 41.8 Å². The fraction of sp³-hybridized carbons (Fsp3) is 0.269. The van der Waals surface area contributed by atoms with E-state index >= 15 is 0 Å². The molecule has 0 radical (unpaired) electrons. The summed E-state index contributed by atoms with van der Waals surface area (Å²) in [4.78, 5) is 30.8. The third kappa shape index (κ3) is 4.19. The summed E-state index contributed by atoms with van der Waals surface area (Å²) in [7, 11) is 0. The molecule has 2 aromatic carbocycles. The van der Waals surface area contributed by atoms with Crippen LogP contribution in [0.5, 0.6) is 0 Å². The Morgan fingerprint density at radius 1 is 1.00 bits per heavy atom. The second kappa shape index (κ2) is 9.03. The zero-order valence-corrected chi connectivity index (χ0v) is 18.6. The molecule has 1 saturated heterocycles. The third-order valence-corrected chi connectivity index (χ3v) is 6.32. The molecular formula is C26H27N5O2. The van der Waals surface area contributed by atoms with E-state index in [1.807, 2.05) is 76.2 Å². The lowest BCUT2D eigenvalue weighted by Crippen LogP contribution is -2.51. The number of aromatic nitrogens is 1.